The van der Waals surface area contributed by atoms with Crippen LogP contribution in [0.25, 0.3) is 6.08 Å². The summed E-state index contributed by atoms with van der Waals surface area (Å²) < 4.78 is 13.3. The van der Waals surface area contributed by atoms with Gasteiger partial charge in [-0.2, -0.15) is 0 Å². The van der Waals surface area contributed by atoms with Crippen LogP contribution in [0.5, 0.6) is 0 Å². The number of aliphatic imine (C=N–C) groups is 1. The number of amides is 1. The van der Waals surface area contributed by atoms with Crippen molar-refractivity contribution in [3.05, 3.63) is 102 Å². The van der Waals surface area contributed by atoms with Gasteiger partial charge in [-0.3, -0.25) is 14.7 Å². The average molecular weight is 389 g/mol. The summed E-state index contributed by atoms with van der Waals surface area (Å²) in [6.45, 7) is 0. The minimum absolute atomic E-state index is 0.232. The molecule has 4 rings (SSSR count). The maximum Gasteiger partial charge on any atom is 0.283 e. The van der Waals surface area contributed by atoms with E-state index < -0.39 is 0 Å². The molecule has 6 heteroatoms. The van der Waals surface area contributed by atoms with Crippen molar-refractivity contribution < 1.29 is 9.18 Å². The van der Waals surface area contributed by atoms with Crippen LogP contribution in [-0.4, -0.2) is 16.1 Å². The maximum absolute atomic E-state index is 13.3. The molecule has 0 N–H and O–H groups in total. The standard InChI is InChI=1S/C22H16FN3OS/c23-18-8-10-19(11-9-18)26-21(27)20(13-16-5-2-1-3-6-16)25-22(26)28-15-17-7-4-12-24-14-17/h1-14H,15H2/b20-13+. The number of thioether (sulfide) groups is 1. The van der Waals surface area contributed by atoms with Crippen LogP contribution >= 0.6 is 11.8 Å². The lowest BCUT2D eigenvalue weighted by molar-refractivity contribution is -0.113. The third-order valence-corrected chi connectivity index (χ3v) is 5.12. The first-order chi connectivity index (χ1) is 13.7. The van der Waals surface area contributed by atoms with Crippen molar-refractivity contribution in [3.63, 3.8) is 0 Å². The van der Waals surface area contributed by atoms with E-state index in [0.29, 0.717) is 22.3 Å². The molecule has 1 aliphatic rings. The lowest BCUT2D eigenvalue weighted by Crippen LogP contribution is -2.30. The Morgan fingerprint density at radius 2 is 1.79 bits per heavy atom. The molecular weight excluding hydrogens is 373 g/mol. The fraction of sp³-hybridized carbons (Fsp3) is 0.0455. The summed E-state index contributed by atoms with van der Waals surface area (Å²) in [5.41, 5.74) is 2.86. The third-order valence-electron chi connectivity index (χ3n) is 4.11. The Labute approximate surface area is 166 Å². The second-order valence-corrected chi connectivity index (χ2v) is 7.04. The van der Waals surface area contributed by atoms with E-state index in [1.54, 1.807) is 30.6 Å². The number of pyridine rings is 1. The second-order valence-electron chi connectivity index (χ2n) is 6.10. The van der Waals surface area contributed by atoms with Gasteiger partial charge in [-0.15, -0.1) is 0 Å². The van der Waals surface area contributed by atoms with Crippen molar-refractivity contribution >= 4 is 34.6 Å². The van der Waals surface area contributed by atoms with Gasteiger partial charge in [0.2, 0.25) is 0 Å². The molecule has 0 unspecified atom stereocenters. The Morgan fingerprint density at radius 3 is 2.50 bits per heavy atom. The van der Waals surface area contributed by atoms with Gasteiger partial charge in [-0.05, 0) is 47.5 Å². The highest BCUT2D eigenvalue weighted by atomic mass is 32.2. The highest BCUT2D eigenvalue weighted by Crippen LogP contribution is 2.30. The van der Waals surface area contributed by atoms with Crippen LogP contribution in [0.1, 0.15) is 11.1 Å². The van der Waals surface area contributed by atoms with Gasteiger partial charge in [-0.1, -0.05) is 48.2 Å². The summed E-state index contributed by atoms with van der Waals surface area (Å²) in [6, 6.07) is 19.2. The van der Waals surface area contributed by atoms with Gasteiger partial charge in [0.1, 0.15) is 11.5 Å². The molecule has 2 aromatic carbocycles. The van der Waals surface area contributed by atoms with E-state index in [4.69, 9.17) is 0 Å². The fourth-order valence-corrected chi connectivity index (χ4v) is 3.70. The monoisotopic (exact) mass is 389 g/mol. The molecule has 0 saturated carbocycles. The number of carbonyl (C=O) groups excluding carboxylic acids is 1. The van der Waals surface area contributed by atoms with Crippen molar-refractivity contribution in [2.75, 3.05) is 4.90 Å². The summed E-state index contributed by atoms with van der Waals surface area (Å²) in [5.74, 6) is 0.0390. The molecule has 2 heterocycles. The van der Waals surface area contributed by atoms with E-state index >= 15 is 0 Å². The van der Waals surface area contributed by atoms with Gasteiger partial charge in [0.15, 0.2) is 5.17 Å². The number of amidine groups is 1. The molecule has 1 aliphatic heterocycles. The SMILES string of the molecule is O=C1/C(=C\c2ccccc2)N=C(SCc2cccnc2)N1c1ccc(F)cc1. The summed E-state index contributed by atoms with van der Waals surface area (Å²) in [4.78, 5) is 23.2. The predicted octanol–water partition coefficient (Wildman–Crippen LogP) is 4.90. The van der Waals surface area contributed by atoms with Gasteiger partial charge >= 0.3 is 0 Å². The molecule has 4 nitrogen and oxygen atoms in total. The van der Waals surface area contributed by atoms with E-state index in [1.165, 1.54) is 28.8 Å². The number of carbonyl (C=O) groups is 1. The number of rotatable bonds is 4. The van der Waals surface area contributed by atoms with Crippen LogP contribution in [0.2, 0.25) is 0 Å². The van der Waals surface area contributed by atoms with Crippen molar-refractivity contribution in [1.82, 2.24) is 4.98 Å². The molecule has 28 heavy (non-hydrogen) atoms. The van der Waals surface area contributed by atoms with Crippen LogP contribution in [-0.2, 0) is 10.5 Å². The number of halogens is 1. The fourth-order valence-electron chi connectivity index (χ4n) is 2.75. The number of aromatic nitrogens is 1. The summed E-state index contributed by atoms with van der Waals surface area (Å²) in [6.07, 6.45) is 5.26. The Kier molecular flexibility index (Phi) is 5.30. The number of benzene rings is 2. The first kappa shape index (κ1) is 18.1. The van der Waals surface area contributed by atoms with Crippen molar-refractivity contribution in [3.8, 4) is 0 Å². The Hall–Kier alpha value is -3.25. The second kappa shape index (κ2) is 8.19. The molecule has 0 aliphatic carbocycles. The van der Waals surface area contributed by atoms with Crippen LogP contribution in [0, 0.1) is 5.82 Å². The molecule has 1 aromatic heterocycles. The zero-order valence-corrected chi connectivity index (χ0v) is 15.6. The Morgan fingerprint density at radius 1 is 1.00 bits per heavy atom. The van der Waals surface area contributed by atoms with Crippen molar-refractivity contribution in [2.24, 2.45) is 4.99 Å². The number of hydrogen-bond donors (Lipinski definition) is 0. The van der Waals surface area contributed by atoms with E-state index in [9.17, 15) is 9.18 Å². The maximum atomic E-state index is 13.3. The molecule has 1 amide bonds. The highest BCUT2D eigenvalue weighted by molar-refractivity contribution is 8.13. The van der Waals surface area contributed by atoms with Crippen LogP contribution in [0.4, 0.5) is 10.1 Å². The summed E-state index contributed by atoms with van der Waals surface area (Å²) >= 11 is 1.44. The van der Waals surface area contributed by atoms with Gasteiger partial charge in [0.05, 0.1) is 5.69 Å². The average Bonchev–Trinajstić information content (AvgIpc) is 3.04. The molecule has 138 valence electrons. The normalized spacial score (nSPS) is 15.2. The van der Waals surface area contributed by atoms with Crippen LogP contribution in [0.3, 0.4) is 0 Å². The van der Waals surface area contributed by atoms with Gasteiger partial charge in [0, 0.05) is 18.1 Å². The first-order valence-electron chi connectivity index (χ1n) is 8.68. The molecule has 3 aromatic rings. The Bertz CT molecular complexity index is 1030. The molecule has 0 radical (unpaired) electrons. The van der Waals surface area contributed by atoms with Gasteiger partial charge in [-0.25, -0.2) is 9.38 Å². The molecule has 0 fully saturated rings. The zero-order chi connectivity index (χ0) is 19.3. The number of nitrogens with zero attached hydrogens (tertiary/aromatic N) is 3. The quantitative estimate of drug-likeness (QED) is 0.597. The largest absolute Gasteiger partial charge is 0.283 e. The van der Waals surface area contributed by atoms with E-state index in [-0.39, 0.29) is 11.7 Å². The minimum Gasteiger partial charge on any atom is -0.266 e. The van der Waals surface area contributed by atoms with E-state index in [1.807, 2.05) is 42.5 Å². The number of hydrogen-bond acceptors (Lipinski definition) is 4. The topological polar surface area (TPSA) is 45.6 Å². The Balaban J connectivity index is 1.66. The zero-order valence-electron chi connectivity index (χ0n) is 14.8. The summed E-state index contributed by atoms with van der Waals surface area (Å²) in [7, 11) is 0. The minimum atomic E-state index is -0.350. The van der Waals surface area contributed by atoms with E-state index in [2.05, 4.69) is 9.98 Å². The summed E-state index contributed by atoms with van der Waals surface area (Å²) in [5, 5.41) is 0.558. The van der Waals surface area contributed by atoms with Crippen molar-refractivity contribution in [1.29, 1.82) is 0 Å². The van der Waals surface area contributed by atoms with Gasteiger partial charge < -0.3 is 0 Å². The third kappa shape index (κ3) is 4.02. The van der Waals surface area contributed by atoms with Crippen molar-refractivity contribution in [2.45, 2.75) is 5.75 Å². The smallest absolute Gasteiger partial charge is 0.266 e. The lowest BCUT2D eigenvalue weighted by atomic mass is 10.2. The highest BCUT2D eigenvalue weighted by Gasteiger charge is 2.32. The van der Waals surface area contributed by atoms with Gasteiger partial charge in [0.25, 0.3) is 5.91 Å². The molecule has 0 bridgehead atoms. The number of anilines is 1. The molecule has 0 spiro atoms. The van der Waals surface area contributed by atoms with Crippen LogP contribution in [0.15, 0.2) is 89.8 Å². The lowest BCUT2D eigenvalue weighted by Gasteiger charge is -2.17. The van der Waals surface area contributed by atoms with Crippen LogP contribution < -0.4 is 4.90 Å². The molecular formula is C22H16FN3OS. The predicted molar refractivity (Wildman–Crippen MR) is 111 cm³/mol. The van der Waals surface area contributed by atoms with E-state index in [0.717, 1.165) is 11.1 Å². The molecule has 0 atom stereocenters. The molecule has 0 saturated heterocycles. The first-order valence-corrected chi connectivity index (χ1v) is 9.66.